The van der Waals surface area contributed by atoms with Crippen molar-refractivity contribution in [2.24, 2.45) is 0 Å². The Labute approximate surface area is 297 Å². The summed E-state index contributed by atoms with van der Waals surface area (Å²) in [5.74, 6) is 1.94. The van der Waals surface area contributed by atoms with E-state index in [0.717, 1.165) is 50.8 Å². The Morgan fingerprint density at radius 1 is 0.333 bits per heavy atom. The summed E-state index contributed by atoms with van der Waals surface area (Å²) >= 11 is 0. The molecule has 0 N–H and O–H groups in total. The highest BCUT2D eigenvalue weighted by Gasteiger charge is 2.44. The molecule has 2 aliphatic rings. The lowest BCUT2D eigenvalue weighted by Gasteiger charge is -2.44. The maximum Gasteiger partial charge on any atom is 0.253 e. The second-order valence-corrected chi connectivity index (χ2v) is 12.8. The van der Waals surface area contributed by atoms with Gasteiger partial charge in [0.15, 0.2) is 17.5 Å². The molecule has 10 rings (SSSR count). The van der Waals surface area contributed by atoms with Gasteiger partial charge in [-0.25, -0.2) is 15.0 Å². The fourth-order valence-corrected chi connectivity index (χ4v) is 7.76. The summed E-state index contributed by atoms with van der Waals surface area (Å²) < 4.78 is 0. The van der Waals surface area contributed by atoms with E-state index in [1.807, 2.05) is 36.4 Å². The summed E-state index contributed by atoms with van der Waals surface area (Å²) in [4.78, 5) is 20.3. The normalized spacial score (nSPS) is 12.6. The largest absolute Gasteiger partial charge is 0.311 e. The second kappa shape index (κ2) is 12.0. The Morgan fingerprint density at radius 2 is 0.745 bits per heavy atom. The molecular formula is C45H30BN5. The van der Waals surface area contributed by atoms with Gasteiger partial charge < -0.3 is 9.80 Å². The van der Waals surface area contributed by atoms with Gasteiger partial charge in [0.05, 0.1) is 0 Å². The van der Waals surface area contributed by atoms with E-state index in [9.17, 15) is 0 Å². The predicted octanol–water partition coefficient (Wildman–Crippen LogP) is 8.96. The van der Waals surface area contributed by atoms with Crippen molar-refractivity contribution in [3.05, 3.63) is 182 Å². The smallest absolute Gasteiger partial charge is 0.253 e. The quantitative estimate of drug-likeness (QED) is 0.174. The number of aromatic nitrogens is 3. The molecule has 0 aliphatic carbocycles. The van der Waals surface area contributed by atoms with E-state index in [-0.39, 0.29) is 6.71 Å². The van der Waals surface area contributed by atoms with E-state index in [2.05, 4.69) is 155 Å². The number of fused-ring (bicyclic) bond motifs is 4. The fourth-order valence-electron chi connectivity index (χ4n) is 7.76. The van der Waals surface area contributed by atoms with Crippen LogP contribution in [0.2, 0.25) is 0 Å². The fraction of sp³-hybridized carbons (Fsp3) is 0. The zero-order valence-corrected chi connectivity index (χ0v) is 27.6. The number of rotatable bonds is 5. The number of anilines is 6. The highest BCUT2D eigenvalue weighted by molar-refractivity contribution is 7.01. The maximum atomic E-state index is 5.24. The van der Waals surface area contributed by atoms with E-state index < -0.39 is 0 Å². The highest BCUT2D eigenvalue weighted by Crippen LogP contribution is 2.44. The van der Waals surface area contributed by atoms with Crippen LogP contribution in [0.3, 0.4) is 0 Å². The molecule has 0 amide bonds. The first kappa shape index (κ1) is 29.2. The molecule has 5 nitrogen and oxygen atoms in total. The van der Waals surface area contributed by atoms with E-state index in [4.69, 9.17) is 15.0 Å². The van der Waals surface area contributed by atoms with Crippen LogP contribution in [0, 0.1) is 0 Å². The Bertz CT molecular complexity index is 2470. The first-order valence-corrected chi connectivity index (χ1v) is 17.3. The minimum absolute atomic E-state index is 0.0735. The Kier molecular flexibility index (Phi) is 6.84. The average molecular weight is 652 g/mol. The third-order valence-electron chi connectivity index (χ3n) is 9.90. The summed E-state index contributed by atoms with van der Waals surface area (Å²) in [5, 5.41) is 0. The number of hydrogen-bond donors (Lipinski definition) is 0. The average Bonchev–Trinajstić information content (AvgIpc) is 3.21. The molecule has 7 aromatic carbocycles. The summed E-state index contributed by atoms with van der Waals surface area (Å²) in [6, 6.07) is 63.8. The Hall–Kier alpha value is -6.79. The van der Waals surface area contributed by atoms with Crippen molar-refractivity contribution >= 4 is 57.2 Å². The molecule has 0 saturated heterocycles. The molecule has 0 unspecified atom stereocenters. The topological polar surface area (TPSA) is 45.2 Å². The molecule has 238 valence electrons. The maximum absolute atomic E-state index is 5.24. The lowest BCUT2D eigenvalue weighted by Crippen LogP contribution is -2.61. The second-order valence-electron chi connectivity index (χ2n) is 12.8. The molecule has 0 saturated carbocycles. The van der Waals surface area contributed by atoms with Gasteiger partial charge in [0.2, 0.25) is 0 Å². The molecule has 2 aliphatic heterocycles. The van der Waals surface area contributed by atoms with Gasteiger partial charge in [-0.1, -0.05) is 133 Å². The van der Waals surface area contributed by atoms with E-state index in [1.54, 1.807) is 0 Å². The van der Waals surface area contributed by atoms with Gasteiger partial charge in [-0.15, -0.1) is 0 Å². The number of benzene rings is 7. The zero-order chi connectivity index (χ0) is 33.7. The Morgan fingerprint density at radius 3 is 1.31 bits per heavy atom. The van der Waals surface area contributed by atoms with Crippen molar-refractivity contribution < 1.29 is 0 Å². The minimum Gasteiger partial charge on any atom is -0.311 e. The first-order valence-electron chi connectivity index (χ1n) is 17.3. The van der Waals surface area contributed by atoms with Gasteiger partial charge in [0.25, 0.3) is 6.71 Å². The molecule has 1 aromatic heterocycles. The van der Waals surface area contributed by atoms with Crippen molar-refractivity contribution in [1.82, 2.24) is 15.0 Å². The third kappa shape index (κ3) is 4.76. The highest BCUT2D eigenvalue weighted by atomic mass is 15.2. The zero-order valence-electron chi connectivity index (χ0n) is 27.6. The molecule has 0 spiro atoms. The van der Waals surface area contributed by atoms with Crippen LogP contribution < -0.4 is 26.2 Å². The molecular weight excluding hydrogens is 621 g/mol. The molecule has 3 heterocycles. The molecule has 0 radical (unpaired) electrons. The van der Waals surface area contributed by atoms with Crippen LogP contribution in [0.4, 0.5) is 34.1 Å². The predicted molar refractivity (Wildman–Crippen MR) is 210 cm³/mol. The van der Waals surface area contributed by atoms with Crippen LogP contribution in [-0.4, -0.2) is 21.7 Å². The molecule has 0 atom stereocenters. The van der Waals surface area contributed by atoms with Gasteiger partial charge in [-0.05, 0) is 64.9 Å². The van der Waals surface area contributed by atoms with Crippen molar-refractivity contribution in [2.75, 3.05) is 9.80 Å². The van der Waals surface area contributed by atoms with Crippen molar-refractivity contribution in [3.8, 4) is 34.2 Å². The van der Waals surface area contributed by atoms with Crippen LogP contribution in [0.5, 0.6) is 0 Å². The van der Waals surface area contributed by atoms with Crippen LogP contribution in [0.1, 0.15) is 0 Å². The van der Waals surface area contributed by atoms with E-state index in [1.165, 1.54) is 16.4 Å². The van der Waals surface area contributed by atoms with Gasteiger partial charge in [0.1, 0.15) is 0 Å². The summed E-state index contributed by atoms with van der Waals surface area (Å²) in [6.45, 7) is -0.0735. The Balaban J connectivity index is 1.29. The van der Waals surface area contributed by atoms with Gasteiger partial charge in [-0.2, -0.15) is 0 Å². The lowest BCUT2D eigenvalue weighted by molar-refractivity contribution is 1.07. The lowest BCUT2D eigenvalue weighted by atomic mass is 9.32. The monoisotopic (exact) mass is 651 g/mol. The third-order valence-corrected chi connectivity index (χ3v) is 9.90. The van der Waals surface area contributed by atoms with E-state index >= 15 is 0 Å². The van der Waals surface area contributed by atoms with Gasteiger partial charge in [-0.3, -0.25) is 0 Å². The first-order chi connectivity index (χ1) is 25.3. The van der Waals surface area contributed by atoms with Crippen molar-refractivity contribution in [1.29, 1.82) is 0 Å². The summed E-state index contributed by atoms with van der Waals surface area (Å²) in [5.41, 5.74) is 13.4. The standard InChI is InChI=1S/C45H30BN5/c1-5-17-31(18-6-1)43-47-44(32-19-7-2-8-20-32)49-45(48-43)35-25-15-28-38-41(35)46-36-26-13-14-27-37(36)50(33-21-9-3-10-22-33)39-29-16-30-40(42(39)46)51(38)34-23-11-4-12-24-34/h1-30H. The van der Waals surface area contributed by atoms with Crippen molar-refractivity contribution in [3.63, 3.8) is 0 Å². The summed E-state index contributed by atoms with van der Waals surface area (Å²) in [6.07, 6.45) is 0. The van der Waals surface area contributed by atoms with Crippen LogP contribution in [0.25, 0.3) is 34.2 Å². The molecule has 8 aromatic rings. The number of nitrogens with zero attached hydrogens (tertiary/aromatic N) is 5. The molecule has 0 bridgehead atoms. The SMILES string of the molecule is c1ccc(-c2nc(-c3ccccc3)nc(-c3cccc4c3B3c5ccccc5N(c5ccccc5)c5cccc(c53)N4c3ccccc3)n2)cc1. The van der Waals surface area contributed by atoms with E-state index in [0.29, 0.717) is 17.5 Å². The molecule has 0 fully saturated rings. The van der Waals surface area contributed by atoms with Crippen molar-refractivity contribution in [2.45, 2.75) is 0 Å². The van der Waals surface area contributed by atoms with Gasteiger partial charge >= 0.3 is 0 Å². The number of hydrogen-bond acceptors (Lipinski definition) is 5. The minimum atomic E-state index is -0.0735. The molecule has 6 heteroatoms. The van der Waals surface area contributed by atoms with Crippen LogP contribution >= 0.6 is 0 Å². The summed E-state index contributed by atoms with van der Waals surface area (Å²) in [7, 11) is 0. The van der Waals surface area contributed by atoms with Crippen LogP contribution in [0.15, 0.2) is 182 Å². The number of para-hydroxylation sites is 3. The molecule has 51 heavy (non-hydrogen) atoms. The van der Waals surface area contributed by atoms with Gasteiger partial charge in [0, 0.05) is 50.8 Å². The van der Waals surface area contributed by atoms with Crippen LogP contribution in [-0.2, 0) is 0 Å².